The van der Waals surface area contributed by atoms with E-state index in [1.807, 2.05) is 73.6 Å². The van der Waals surface area contributed by atoms with E-state index in [1.165, 1.54) is 0 Å². The van der Waals surface area contributed by atoms with Crippen molar-refractivity contribution in [3.63, 3.8) is 0 Å². The SMILES string of the molecule is COc1ccc(CCN2C(=O)C(C#N)=C(C)/C(=C\c3ccc(N(C)C)cc3)C2=O)cc1. The van der Waals surface area contributed by atoms with Crippen LogP contribution in [0.1, 0.15) is 18.1 Å². The molecule has 0 aliphatic carbocycles. The van der Waals surface area contributed by atoms with Gasteiger partial charge in [0.25, 0.3) is 11.8 Å². The summed E-state index contributed by atoms with van der Waals surface area (Å²) in [6.07, 6.45) is 2.23. The molecule has 0 atom stereocenters. The first-order chi connectivity index (χ1) is 14.8. The fourth-order valence-corrected chi connectivity index (χ4v) is 3.40. The van der Waals surface area contributed by atoms with Crippen molar-refractivity contribution in [2.75, 3.05) is 32.6 Å². The number of rotatable bonds is 6. The smallest absolute Gasteiger partial charge is 0.271 e. The summed E-state index contributed by atoms with van der Waals surface area (Å²) in [6, 6.07) is 17.2. The van der Waals surface area contributed by atoms with Gasteiger partial charge in [-0.1, -0.05) is 24.3 Å². The quantitative estimate of drug-likeness (QED) is 0.532. The number of benzene rings is 2. The highest BCUT2D eigenvalue weighted by Gasteiger charge is 2.35. The molecule has 2 amide bonds. The Morgan fingerprint density at radius 3 is 2.23 bits per heavy atom. The first-order valence-electron chi connectivity index (χ1n) is 9.95. The highest BCUT2D eigenvalue weighted by molar-refractivity contribution is 6.19. The van der Waals surface area contributed by atoms with Gasteiger partial charge in [-0.15, -0.1) is 0 Å². The molecule has 0 unspecified atom stereocenters. The molecule has 0 radical (unpaired) electrons. The summed E-state index contributed by atoms with van der Waals surface area (Å²) in [5, 5.41) is 9.55. The van der Waals surface area contributed by atoms with Crippen LogP contribution in [0.4, 0.5) is 5.69 Å². The van der Waals surface area contributed by atoms with Crippen molar-refractivity contribution >= 4 is 23.6 Å². The van der Waals surface area contributed by atoms with Crippen LogP contribution in [-0.4, -0.2) is 44.5 Å². The molecule has 1 aliphatic rings. The van der Waals surface area contributed by atoms with E-state index in [0.717, 1.165) is 27.5 Å². The molecule has 31 heavy (non-hydrogen) atoms. The van der Waals surface area contributed by atoms with Gasteiger partial charge in [-0.3, -0.25) is 14.5 Å². The Morgan fingerprint density at radius 1 is 1.03 bits per heavy atom. The van der Waals surface area contributed by atoms with Crippen LogP contribution < -0.4 is 9.64 Å². The Balaban J connectivity index is 1.89. The second kappa shape index (κ2) is 9.31. The molecule has 0 fully saturated rings. The lowest BCUT2D eigenvalue weighted by Crippen LogP contribution is -2.43. The zero-order valence-corrected chi connectivity index (χ0v) is 18.2. The Kier molecular flexibility index (Phi) is 6.56. The van der Waals surface area contributed by atoms with Gasteiger partial charge in [0.2, 0.25) is 0 Å². The number of imide groups is 1. The highest BCUT2D eigenvalue weighted by Crippen LogP contribution is 2.27. The Labute approximate surface area is 182 Å². The van der Waals surface area contributed by atoms with Gasteiger partial charge < -0.3 is 9.64 Å². The van der Waals surface area contributed by atoms with Gasteiger partial charge in [-0.05, 0) is 60.4 Å². The van der Waals surface area contributed by atoms with E-state index < -0.39 is 5.91 Å². The van der Waals surface area contributed by atoms with Crippen molar-refractivity contribution in [3.05, 3.63) is 76.4 Å². The van der Waals surface area contributed by atoms with Crippen LogP contribution in [0.5, 0.6) is 5.75 Å². The van der Waals surface area contributed by atoms with Crippen molar-refractivity contribution in [2.24, 2.45) is 0 Å². The monoisotopic (exact) mass is 415 g/mol. The maximum absolute atomic E-state index is 13.2. The Morgan fingerprint density at radius 2 is 1.68 bits per heavy atom. The zero-order chi connectivity index (χ0) is 22.5. The standard InChI is InChI=1S/C25H25N3O3/c1-17-22(15-19-5-9-20(10-6-19)27(2)3)24(29)28(25(30)23(17)16-26)14-13-18-7-11-21(31-4)12-8-18/h5-12,15H,13-14H2,1-4H3/b22-15+. The Hall–Kier alpha value is -3.85. The lowest BCUT2D eigenvalue weighted by atomic mass is 9.93. The molecule has 0 saturated heterocycles. The summed E-state index contributed by atoms with van der Waals surface area (Å²) in [5.41, 5.74) is 3.62. The maximum Gasteiger partial charge on any atom is 0.271 e. The molecule has 0 bridgehead atoms. The van der Waals surface area contributed by atoms with E-state index >= 15 is 0 Å². The van der Waals surface area contributed by atoms with Crippen molar-refractivity contribution in [3.8, 4) is 11.8 Å². The van der Waals surface area contributed by atoms with E-state index in [2.05, 4.69) is 0 Å². The average molecular weight is 415 g/mol. The van der Waals surface area contributed by atoms with Crippen LogP contribution in [-0.2, 0) is 16.0 Å². The van der Waals surface area contributed by atoms with E-state index in [9.17, 15) is 14.9 Å². The summed E-state index contributed by atoms with van der Waals surface area (Å²) in [5.74, 6) is -0.185. The number of amides is 2. The molecule has 0 saturated carbocycles. The summed E-state index contributed by atoms with van der Waals surface area (Å²) >= 11 is 0. The molecule has 6 nitrogen and oxygen atoms in total. The molecule has 0 aromatic heterocycles. The third-order valence-corrected chi connectivity index (χ3v) is 5.33. The summed E-state index contributed by atoms with van der Waals surface area (Å²) in [6.45, 7) is 1.84. The van der Waals surface area contributed by atoms with Gasteiger partial charge in [-0.25, -0.2) is 0 Å². The molecule has 6 heteroatoms. The van der Waals surface area contributed by atoms with Gasteiger partial charge in [0.15, 0.2) is 0 Å². The predicted octanol–water partition coefficient (Wildman–Crippen LogP) is 3.60. The molecule has 1 heterocycles. The third-order valence-electron chi connectivity index (χ3n) is 5.33. The average Bonchev–Trinajstić information content (AvgIpc) is 2.77. The van der Waals surface area contributed by atoms with Crippen LogP contribution in [0.3, 0.4) is 0 Å². The molecule has 3 rings (SSSR count). The van der Waals surface area contributed by atoms with Crippen LogP contribution in [0.15, 0.2) is 65.3 Å². The number of nitrogens with zero attached hydrogens (tertiary/aromatic N) is 3. The zero-order valence-electron chi connectivity index (χ0n) is 18.2. The number of methoxy groups -OCH3 is 1. The van der Waals surface area contributed by atoms with Crippen molar-refractivity contribution in [1.82, 2.24) is 4.90 Å². The number of hydrogen-bond acceptors (Lipinski definition) is 5. The molecule has 1 aliphatic heterocycles. The number of carbonyl (C=O) groups is 2. The summed E-state index contributed by atoms with van der Waals surface area (Å²) in [4.78, 5) is 29.1. The lowest BCUT2D eigenvalue weighted by Gasteiger charge is -2.27. The van der Waals surface area contributed by atoms with Crippen molar-refractivity contribution < 1.29 is 14.3 Å². The van der Waals surface area contributed by atoms with Gasteiger partial charge >= 0.3 is 0 Å². The molecule has 0 spiro atoms. The molecule has 158 valence electrons. The van der Waals surface area contributed by atoms with E-state index in [1.54, 1.807) is 20.1 Å². The van der Waals surface area contributed by atoms with Gasteiger partial charge in [0.05, 0.1) is 7.11 Å². The fourth-order valence-electron chi connectivity index (χ4n) is 3.40. The third kappa shape index (κ3) is 4.67. The first-order valence-corrected chi connectivity index (χ1v) is 9.95. The summed E-state index contributed by atoms with van der Waals surface area (Å²) < 4.78 is 5.16. The number of carbonyl (C=O) groups excluding carboxylic acids is 2. The molecule has 0 N–H and O–H groups in total. The van der Waals surface area contributed by atoms with E-state index in [-0.39, 0.29) is 18.0 Å². The molecule has 2 aromatic rings. The van der Waals surface area contributed by atoms with Crippen molar-refractivity contribution in [2.45, 2.75) is 13.3 Å². The second-order valence-electron chi connectivity index (χ2n) is 7.52. The van der Waals surface area contributed by atoms with Crippen LogP contribution in [0.2, 0.25) is 0 Å². The minimum atomic E-state index is -0.543. The van der Waals surface area contributed by atoms with Gasteiger partial charge in [-0.2, -0.15) is 5.26 Å². The number of ether oxygens (including phenoxy) is 1. The number of anilines is 1. The molecule has 2 aromatic carbocycles. The normalized spacial score (nSPS) is 15.3. The Bertz CT molecular complexity index is 1090. The fraction of sp³-hybridized carbons (Fsp3) is 0.240. The molecular formula is C25H25N3O3. The first kappa shape index (κ1) is 21.8. The van der Waals surface area contributed by atoms with Crippen molar-refractivity contribution in [1.29, 1.82) is 5.26 Å². The van der Waals surface area contributed by atoms with E-state index in [0.29, 0.717) is 17.6 Å². The van der Waals surface area contributed by atoms with E-state index in [4.69, 9.17) is 4.74 Å². The topological polar surface area (TPSA) is 73.6 Å². The van der Waals surface area contributed by atoms with Gasteiger partial charge in [0.1, 0.15) is 17.4 Å². The number of nitriles is 1. The number of hydrogen-bond donors (Lipinski definition) is 0. The summed E-state index contributed by atoms with van der Waals surface area (Å²) in [7, 11) is 5.51. The largest absolute Gasteiger partial charge is 0.497 e. The predicted molar refractivity (Wildman–Crippen MR) is 120 cm³/mol. The molecular weight excluding hydrogens is 390 g/mol. The highest BCUT2D eigenvalue weighted by atomic mass is 16.5. The van der Waals surface area contributed by atoms with Gasteiger partial charge in [0, 0.05) is 31.9 Å². The minimum Gasteiger partial charge on any atom is -0.497 e. The maximum atomic E-state index is 13.2. The second-order valence-corrected chi connectivity index (χ2v) is 7.52. The van der Waals surface area contributed by atoms with Crippen LogP contribution in [0, 0.1) is 11.3 Å². The lowest BCUT2D eigenvalue weighted by molar-refractivity contribution is -0.140. The van der Waals surface area contributed by atoms with Crippen LogP contribution >= 0.6 is 0 Å². The minimum absolute atomic E-state index is 0.00509. The van der Waals surface area contributed by atoms with Crippen LogP contribution in [0.25, 0.3) is 6.08 Å².